The molecule has 1 aliphatic heterocycles. The summed E-state index contributed by atoms with van der Waals surface area (Å²) < 4.78 is 0. The molecule has 0 saturated carbocycles. The number of hydrogen-bond donors (Lipinski definition) is 2. The fraction of sp³-hybridized carbons (Fsp3) is 0.467. The lowest BCUT2D eigenvalue weighted by Crippen LogP contribution is -2.46. The maximum absolute atomic E-state index is 12.2. The third-order valence-electron chi connectivity index (χ3n) is 3.46. The van der Waals surface area contributed by atoms with Gasteiger partial charge in [-0.3, -0.25) is 4.79 Å². The predicted octanol–water partition coefficient (Wildman–Crippen LogP) is 2.07. The van der Waals surface area contributed by atoms with Gasteiger partial charge in [-0.25, -0.2) is 4.79 Å². The third kappa shape index (κ3) is 3.73. The van der Waals surface area contributed by atoms with Crippen LogP contribution in [-0.2, 0) is 4.79 Å². The minimum absolute atomic E-state index is 0.0460. The van der Waals surface area contributed by atoms with Gasteiger partial charge in [0.25, 0.3) is 0 Å². The first kappa shape index (κ1) is 14.4. The number of carbonyl (C=O) groups is 2. The van der Waals surface area contributed by atoms with Crippen molar-refractivity contribution >= 4 is 17.6 Å². The average Bonchev–Trinajstić information content (AvgIpc) is 2.48. The number of nitrogens with zero attached hydrogens (tertiary/aromatic N) is 1. The Balaban J connectivity index is 1.91. The summed E-state index contributed by atoms with van der Waals surface area (Å²) in [7, 11) is 0. The minimum atomic E-state index is -0.134. The van der Waals surface area contributed by atoms with E-state index in [0.29, 0.717) is 19.6 Å². The lowest BCUT2D eigenvalue weighted by molar-refractivity contribution is -0.126. The first-order chi connectivity index (χ1) is 9.70. The van der Waals surface area contributed by atoms with E-state index < -0.39 is 0 Å². The molecule has 2 rings (SSSR count). The molecular formula is C15H21N3O2. The highest BCUT2D eigenvalue weighted by Gasteiger charge is 2.28. The van der Waals surface area contributed by atoms with Crippen LogP contribution in [0.2, 0.25) is 0 Å². The van der Waals surface area contributed by atoms with Crippen LogP contribution in [0.3, 0.4) is 0 Å². The van der Waals surface area contributed by atoms with E-state index >= 15 is 0 Å². The molecule has 1 atom stereocenters. The fourth-order valence-corrected chi connectivity index (χ4v) is 2.42. The van der Waals surface area contributed by atoms with Crippen LogP contribution in [0.4, 0.5) is 10.5 Å². The fourth-order valence-electron chi connectivity index (χ4n) is 2.42. The summed E-state index contributed by atoms with van der Waals surface area (Å²) in [5.74, 6) is -0.0464. The van der Waals surface area contributed by atoms with Crippen molar-refractivity contribution in [3.63, 3.8) is 0 Å². The number of anilines is 1. The van der Waals surface area contributed by atoms with Crippen molar-refractivity contribution in [2.75, 3.05) is 25.0 Å². The van der Waals surface area contributed by atoms with E-state index in [1.54, 1.807) is 4.90 Å². The summed E-state index contributed by atoms with van der Waals surface area (Å²) in [4.78, 5) is 25.8. The second-order valence-corrected chi connectivity index (χ2v) is 4.98. The van der Waals surface area contributed by atoms with E-state index in [0.717, 1.165) is 18.5 Å². The van der Waals surface area contributed by atoms with Crippen molar-refractivity contribution in [1.29, 1.82) is 0 Å². The number of nitrogens with one attached hydrogen (secondary N) is 2. The number of rotatable bonds is 3. The number of carbonyl (C=O) groups excluding carboxylic acids is 2. The molecule has 1 fully saturated rings. The number of likely N-dealkylation sites (tertiary alicyclic amines) is 1. The Morgan fingerprint density at radius 3 is 2.75 bits per heavy atom. The topological polar surface area (TPSA) is 61.4 Å². The molecule has 1 saturated heterocycles. The van der Waals surface area contributed by atoms with E-state index in [1.807, 2.05) is 37.3 Å². The molecule has 5 heteroatoms. The van der Waals surface area contributed by atoms with Crippen LogP contribution in [0.25, 0.3) is 0 Å². The third-order valence-corrected chi connectivity index (χ3v) is 3.46. The average molecular weight is 275 g/mol. The Morgan fingerprint density at radius 1 is 1.30 bits per heavy atom. The van der Waals surface area contributed by atoms with E-state index in [4.69, 9.17) is 0 Å². The molecular weight excluding hydrogens is 254 g/mol. The monoisotopic (exact) mass is 275 g/mol. The van der Waals surface area contributed by atoms with Crippen LogP contribution >= 0.6 is 0 Å². The van der Waals surface area contributed by atoms with Gasteiger partial charge in [0.05, 0.1) is 5.92 Å². The molecule has 1 unspecified atom stereocenters. The minimum Gasteiger partial charge on any atom is -0.356 e. The standard InChI is InChI=1S/C15H21N3O2/c1-2-16-14(19)12-7-6-10-18(11-12)15(20)17-13-8-4-3-5-9-13/h3-5,8-9,12H,2,6-7,10-11H2,1H3,(H,16,19)(H,17,20). The van der Waals surface area contributed by atoms with Crippen LogP contribution in [0, 0.1) is 5.92 Å². The first-order valence-electron chi connectivity index (χ1n) is 7.09. The highest BCUT2D eigenvalue weighted by Crippen LogP contribution is 2.18. The van der Waals surface area contributed by atoms with E-state index in [-0.39, 0.29) is 17.9 Å². The largest absolute Gasteiger partial charge is 0.356 e. The van der Waals surface area contributed by atoms with Gasteiger partial charge in [0.15, 0.2) is 0 Å². The molecule has 0 bridgehead atoms. The summed E-state index contributed by atoms with van der Waals surface area (Å²) >= 11 is 0. The molecule has 0 aliphatic carbocycles. The number of para-hydroxylation sites is 1. The highest BCUT2D eigenvalue weighted by atomic mass is 16.2. The summed E-state index contributed by atoms with van der Waals surface area (Å²) in [6.45, 7) is 3.73. The molecule has 1 aliphatic rings. The van der Waals surface area contributed by atoms with Crippen LogP contribution in [0.15, 0.2) is 30.3 Å². The van der Waals surface area contributed by atoms with Crippen LogP contribution in [0.1, 0.15) is 19.8 Å². The lowest BCUT2D eigenvalue weighted by atomic mass is 9.97. The quantitative estimate of drug-likeness (QED) is 0.887. The number of amides is 3. The molecule has 0 radical (unpaired) electrons. The van der Waals surface area contributed by atoms with Crippen molar-refractivity contribution in [1.82, 2.24) is 10.2 Å². The molecule has 1 heterocycles. The Labute approximate surface area is 119 Å². The number of urea groups is 1. The van der Waals surface area contributed by atoms with Crippen molar-refractivity contribution in [3.8, 4) is 0 Å². The van der Waals surface area contributed by atoms with Gasteiger partial charge in [0.2, 0.25) is 5.91 Å². The molecule has 1 aromatic rings. The summed E-state index contributed by atoms with van der Waals surface area (Å²) in [5.41, 5.74) is 0.776. The van der Waals surface area contributed by atoms with Gasteiger partial charge in [-0.15, -0.1) is 0 Å². The van der Waals surface area contributed by atoms with Gasteiger partial charge in [-0.1, -0.05) is 18.2 Å². The summed E-state index contributed by atoms with van der Waals surface area (Å²) in [6, 6.07) is 9.23. The van der Waals surface area contributed by atoms with Gasteiger partial charge in [-0.05, 0) is 31.9 Å². The van der Waals surface area contributed by atoms with E-state index in [1.165, 1.54) is 0 Å². The van der Waals surface area contributed by atoms with Crippen molar-refractivity contribution in [2.24, 2.45) is 5.92 Å². The Morgan fingerprint density at radius 2 is 2.05 bits per heavy atom. The maximum Gasteiger partial charge on any atom is 0.321 e. The second kappa shape index (κ2) is 6.93. The SMILES string of the molecule is CCNC(=O)C1CCCN(C(=O)Nc2ccccc2)C1. The smallest absolute Gasteiger partial charge is 0.321 e. The van der Waals surface area contributed by atoms with Crippen molar-refractivity contribution in [3.05, 3.63) is 30.3 Å². The van der Waals surface area contributed by atoms with Gasteiger partial charge in [-0.2, -0.15) is 0 Å². The lowest BCUT2D eigenvalue weighted by Gasteiger charge is -2.32. The molecule has 3 amide bonds. The van der Waals surface area contributed by atoms with Crippen LogP contribution in [-0.4, -0.2) is 36.5 Å². The molecule has 2 N–H and O–H groups in total. The van der Waals surface area contributed by atoms with Crippen molar-refractivity contribution in [2.45, 2.75) is 19.8 Å². The normalized spacial score (nSPS) is 18.4. The second-order valence-electron chi connectivity index (χ2n) is 4.98. The predicted molar refractivity (Wildman–Crippen MR) is 78.4 cm³/mol. The highest BCUT2D eigenvalue weighted by molar-refractivity contribution is 5.90. The number of hydrogen-bond acceptors (Lipinski definition) is 2. The number of benzene rings is 1. The van der Waals surface area contributed by atoms with Crippen LogP contribution < -0.4 is 10.6 Å². The Hall–Kier alpha value is -2.04. The molecule has 1 aromatic carbocycles. The summed E-state index contributed by atoms with van der Waals surface area (Å²) in [5, 5.41) is 5.69. The zero-order valence-corrected chi connectivity index (χ0v) is 11.8. The number of piperidine rings is 1. The zero-order valence-electron chi connectivity index (χ0n) is 11.8. The molecule has 20 heavy (non-hydrogen) atoms. The van der Waals surface area contributed by atoms with E-state index in [2.05, 4.69) is 10.6 Å². The maximum atomic E-state index is 12.2. The Kier molecular flexibility index (Phi) is 4.98. The van der Waals surface area contributed by atoms with E-state index in [9.17, 15) is 9.59 Å². The Bertz CT molecular complexity index is 461. The van der Waals surface area contributed by atoms with Crippen molar-refractivity contribution < 1.29 is 9.59 Å². The van der Waals surface area contributed by atoms with Gasteiger partial charge in [0.1, 0.15) is 0 Å². The molecule has 0 aromatic heterocycles. The first-order valence-corrected chi connectivity index (χ1v) is 7.09. The molecule has 108 valence electrons. The molecule has 0 spiro atoms. The van der Waals surface area contributed by atoms with Gasteiger partial charge in [0, 0.05) is 25.3 Å². The van der Waals surface area contributed by atoms with Gasteiger partial charge < -0.3 is 15.5 Å². The molecule has 5 nitrogen and oxygen atoms in total. The zero-order chi connectivity index (χ0) is 14.4. The van der Waals surface area contributed by atoms with Crippen LogP contribution in [0.5, 0.6) is 0 Å². The summed E-state index contributed by atoms with van der Waals surface area (Å²) in [6.07, 6.45) is 1.71. The van der Waals surface area contributed by atoms with Gasteiger partial charge >= 0.3 is 6.03 Å².